The third-order valence-electron chi connectivity index (χ3n) is 8.66. The summed E-state index contributed by atoms with van der Waals surface area (Å²) < 4.78 is 40.0. The minimum Gasteiger partial charge on any atom is -0.493 e. The first kappa shape index (κ1) is 35.5. The van der Waals surface area contributed by atoms with E-state index >= 15 is 4.39 Å². The molecule has 0 saturated heterocycles. The van der Waals surface area contributed by atoms with Crippen molar-refractivity contribution in [3.8, 4) is 28.5 Å². The van der Waals surface area contributed by atoms with Crippen molar-refractivity contribution in [1.82, 2.24) is 9.55 Å². The molecule has 3 heterocycles. The summed E-state index contributed by atoms with van der Waals surface area (Å²) in [6, 6.07) is 12.4. The number of Topliss-reactive ketones (excluding diaryl/α,β-unsaturated/α-hetero) is 1. The Morgan fingerprint density at radius 3 is 2.67 bits per heavy atom. The Balaban J connectivity index is 1.48. The number of aliphatic hydroxyl groups is 2. The SMILES string of the molecule is COc1cc(C(=O)CCC(C)(O)c2cc3c(c(-c4cn(COCC[Si](C)(C)C)c5c(F)cccc45)n2)OCC3(C)N)ccc1OCCO. The van der Waals surface area contributed by atoms with Gasteiger partial charge in [-0.05, 0) is 56.6 Å². The first-order valence-corrected chi connectivity index (χ1v) is 19.9. The standard InChI is InChI=1S/C36H46FN3O7Si/c1-35(38)21-47-34-26(35)19-31(36(2,43)13-12-28(42)23-10-11-29(46-15-14-41)30(18-23)44-3)39-32(34)25-20-40(22-45-16-17-48(4,5)6)33-24(25)8-7-9-27(33)37/h7-11,18-20,41,43H,12-17,21-22,38H2,1-6H3. The largest absolute Gasteiger partial charge is 0.493 e. The molecule has 5 rings (SSSR count). The maximum Gasteiger partial charge on any atom is 0.163 e. The summed E-state index contributed by atoms with van der Waals surface area (Å²) in [5.41, 5.74) is 7.09. The van der Waals surface area contributed by atoms with Crippen LogP contribution in [0.3, 0.4) is 0 Å². The van der Waals surface area contributed by atoms with Gasteiger partial charge >= 0.3 is 0 Å². The molecule has 48 heavy (non-hydrogen) atoms. The van der Waals surface area contributed by atoms with E-state index in [1.807, 2.05) is 19.2 Å². The van der Waals surface area contributed by atoms with Crippen LogP contribution in [0.2, 0.25) is 25.7 Å². The van der Waals surface area contributed by atoms with Gasteiger partial charge in [-0.2, -0.15) is 0 Å². The number of ether oxygens (including phenoxy) is 4. The number of carbonyl (C=O) groups excluding carboxylic acids is 1. The van der Waals surface area contributed by atoms with E-state index in [-0.39, 0.29) is 51.0 Å². The van der Waals surface area contributed by atoms with Gasteiger partial charge in [0.05, 0.1) is 30.5 Å². The lowest BCUT2D eigenvalue weighted by Gasteiger charge is -2.25. The van der Waals surface area contributed by atoms with Gasteiger partial charge in [-0.1, -0.05) is 31.8 Å². The molecule has 10 nitrogen and oxygen atoms in total. The summed E-state index contributed by atoms with van der Waals surface area (Å²) in [7, 11) is 0.160. The third-order valence-corrected chi connectivity index (χ3v) is 10.4. The van der Waals surface area contributed by atoms with Gasteiger partial charge in [0, 0.05) is 49.4 Å². The molecule has 1 aliphatic heterocycles. The van der Waals surface area contributed by atoms with Crippen molar-refractivity contribution < 1.29 is 38.3 Å². The molecule has 2 atom stereocenters. The Hall–Kier alpha value is -3.81. The van der Waals surface area contributed by atoms with Crippen LogP contribution in [0.25, 0.3) is 22.2 Å². The van der Waals surface area contributed by atoms with Gasteiger partial charge in [0.15, 0.2) is 23.0 Å². The number of hydrogen-bond donors (Lipinski definition) is 3. The van der Waals surface area contributed by atoms with E-state index in [0.29, 0.717) is 62.8 Å². The number of benzene rings is 2. The summed E-state index contributed by atoms with van der Waals surface area (Å²) in [6.07, 6.45) is 1.88. The summed E-state index contributed by atoms with van der Waals surface area (Å²) in [4.78, 5) is 18.2. The van der Waals surface area contributed by atoms with Crippen molar-refractivity contribution in [1.29, 1.82) is 0 Å². The molecule has 1 aliphatic rings. The highest BCUT2D eigenvalue weighted by molar-refractivity contribution is 6.76. The summed E-state index contributed by atoms with van der Waals surface area (Å²) in [5, 5.41) is 21.5. The lowest BCUT2D eigenvalue weighted by atomic mass is 9.88. The second-order valence-electron chi connectivity index (χ2n) is 14.1. The number of hydrogen-bond acceptors (Lipinski definition) is 9. The van der Waals surface area contributed by atoms with Gasteiger partial charge in [0.25, 0.3) is 0 Å². The Labute approximate surface area is 281 Å². The lowest BCUT2D eigenvalue weighted by Crippen LogP contribution is -2.35. The number of ketones is 1. The number of nitrogens with zero attached hydrogens (tertiary/aromatic N) is 2. The molecule has 258 valence electrons. The number of aromatic nitrogens is 2. The minimum atomic E-state index is -1.53. The summed E-state index contributed by atoms with van der Waals surface area (Å²) in [5.74, 6) is 0.666. The van der Waals surface area contributed by atoms with Crippen LogP contribution in [0, 0.1) is 5.82 Å². The zero-order valence-corrected chi connectivity index (χ0v) is 29.6. The molecule has 0 saturated carbocycles. The summed E-state index contributed by atoms with van der Waals surface area (Å²) in [6.45, 7) is 11.2. The van der Waals surface area contributed by atoms with Gasteiger partial charge in [0.1, 0.15) is 37.1 Å². The van der Waals surface area contributed by atoms with Crippen molar-refractivity contribution in [3.63, 3.8) is 0 Å². The molecule has 0 bridgehead atoms. The van der Waals surface area contributed by atoms with Gasteiger partial charge in [-0.25, -0.2) is 9.37 Å². The average Bonchev–Trinajstić information content (AvgIpc) is 3.57. The monoisotopic (exact) mass is 679 g/mol. The zero-order chi connectivity index (χ0) is 34.9. The number of carbonyl (C=O) groups is 1. The van der Waals surface area contributed by atoms with Crippen LogP contribution in [0.15, 0.2) is 48.7 Å². The fourth-order valence-electron chi connectivity index (χ4n) is 5.75. The molecular weight excluding hydrogens is 633 g/mol. The molecule has 0 aliphatic carbocycles. The molecule has 2 aromatic carbocycles. The average molecular weight is 680 g/mol. The van der Waals surface area contributed by atoms with E-state index in [9.17, 15) is 9.90 Å². The number of rotatable bonds is 15. The van der Waals surface area contributed by atoms with Gasteiger partial charge in [-0.3, -0.25) is 4.79 Å². The van der Waals surface area contributed by atoms with E-state index in [1.165, 1.54) is 13.2 Å². The zero-order valence-electron chi connectivity index (χ0n) is 28.6. The number of methoxy groups -OCH3 is 1. The fraction of sp³-hybridized carbons (Fsp3) is 0.444. The van der Waals surface area contributed by atoms with Crippen LogP contribution in [-0.4, -0.2) is 67.2 Å². The van der Waals surface area contributed by atoms with Crippen LogP contribution in [-0.2, 0) is 22.6 Å². The molecule has 0 radical (unpaired) electrons. The quantitative estimate of drug-likeness (QED) is 0.0788. The molecule has 0 spiro atoms. The van der Waals surface area contributed by atoms with E-state index in [2.05, 4.69) is 19.6 Å². The molecule has 2 aromatic heterocycles. The highest BCUT2D eigenvalue weighted by Crippen LogP contribution is 2.46. The Kier molecular flexibility index (Phi) is 10.3. The smallest absolute Gasteiger partial charge is 0.163 e. The Morgan fingerprint density at radius 2 is 1.96 bits per heavy atom. The molecule has 0 fully saturated rings. The lowest BCUT2D eigenvalue weighted by molar-refractivity contribution is 0.0396. The van der Waals surface area contributed by atoms with Gasteiger partial charge in [-0.15, -0.1) is 0 Å². The van der Waals surface area contributed by atoms with Gasteiger partial charge in [0.2, 0.25) is 0 Å². The molecule has 12 heteroatoms. The third kappa shape index (κ3) is 7.58. The van der Waals surface area contributed by atoms with Crippen molar-refractivity contribution in [2.24, 2.45) is 5.73 Å². The predicted molar refractivity (Wildman–Crippen MR) is 185 cm³/mol. The first-order chi connectivity index (χ1) is 22.6. The van der Waals surface area contributed by atoms with Crippen LogP contribution in [0.4, 0.5) is 4.39 Å². The first-order valence-electron chi connectivity index (χ1n) is 16.2. The fourth-order valence-corrected chi connectivity index (χ4v) is 6.51. The maximum absolute atomic E-state index is 15.3. The topological polar surface area (TPSA) is 138 Å². The van der Waals surface area contributed by atoms with Crippen molar-refractivity contribution >= 4 is 24.8 Å². The number of aliphatic hydroxyl groups excluding tert-OH is 1. The number of nitrogens with two attached hydrogens (primary N) is 1. The number of fused-ring (bicyclic) bond motifs is 2. The van der Waals surface area contributed by atoms with Crippen LogP contribution in [0.5, 0.6) is 17.2 Å². The predicted octanol–water partition coefficient (Wildman–Crippen LogP) is 5.97. The molecule has 4 N–H and O–H groups in total. The second-order valence-corrected chi connectivity index (χ2v) is 19.7. The molecular formula is C36H46FN3O7Si. The van der Waals surface area contributed by atoms with Crippen LogP contribution < -0.4 is 19.9 Å². The van der Waals surface area contributed by atoms with E-state index < -0.39 is 19.2 Å². The van der Waals surface area contributed by atoms with E-state index in [1.54, 1.807) is 41.8 Å². The van der Waals surface area contributed by atoms with Crippen LogP contribution >= 0.6 is 0 Å². The highest BCUT2D eigenvalue weighted by Gasteiger charge is 2.39. The minimum absolute atomic E-state index is 0.0107. The molecule has 0 amide bonds. The van der Waals surface area contributed by atoms with E-state index in [4.69, 9.17) is 34.8 Å². The maximum atomic E-state index is 15.3. The Bertz CT molecular complexity index is 1800. The van der Waals surface area contributed by atoms with Gasteiger partial charge < -0.3 is 39.5 Å². The van der Waals surface area contributed by atoms with Crippen molar-refractivity contribution in [2.45, 2.75) is 70.2 Å². The molecule has 2 unspecified atom stereocenters. The highest BCUT2D eigenvalue weighted by atomic mass is 28.3. The summed E-state index contributed by atoms with van der Waals surface area (Å²) >= 11 is 0. The number of para-hydroxylation sites is 1. The Morgan fingerprint density at radius 1 is 1.19 bits per heavy atom. The second kappa shape index (κ2) is 14.0. The van der Waals surface area contributed by atoms with E-state index in [0.717, 1.165) is 6.04 Å². The number of pyridine rings is 1. The number of halogens is 1. The molecule has 4 aromatic rings. The van der Waals surface area contributed by atoms with Crippen molar-refractivity contribution in [3.05, 3.63) is 71.3 Å². The normalized spacial score (nSPS) is 17.2. The van der Waals surface area contributed by atoms with Crippen molar-refractivity contribution in [2.75, 3.05) is 33.5 Å². The van der Waals surface area contributed by atoms with Crippen LogP contribution in [0.1, 0.15) is 48.3 Å².